The van der Waals surface area contributed by atoms with Gasteiger partial charge in [-0.15, -0.1) is 0 Å². The van der Waals surface area contributed by atoms with E-state index < -0.39 is 17.3 Å². The van der Waals surface area contributed by atoms with Crippen LogP contribution in [0.2, 0.25) is 0 Å². The molecule has 2 rings (SSSR count). The van der Waals surface area contributed by atoms with E-state index in [1.54, 1.807) is 6.92 Å². The van der Waals surface area contributed by atoms with Crippen molar-refractivity contribution in [2.45, 2.75) is 31.6 Å². The number of halogens is 3. The molecule has 0 aliphatic carbocycles. The van der Waals surface area contributed by atoms with Crippen molar-refractivity contribution in [3.05, 3.63) is 34.9 Å². The first kappa shape index (κ1) is 15.3. The normalized spacial score (nSPS) is 23.2. The molecule has 1 aliphatic heterocycles. The zero-order chi connectivity index (χ0) is 14.8. The van der Waals surface area contributed by atoms with Crippen LogP contribution >= 0.6 is 0 Å². The number of benzene rings is 1. The van der Waals surface area contributed by atoms with Crippen molar-refractivity contribution in [2.75, 3.05) is 19.8 Å². The Morgan fingerprint density at radius 2 is 2.15 bits per heavy atom. The Morgan fingerprint density at radius 3 is 2.65 bits per heavy atom. The molecule has 112 valence electrons. The second-order valence-electron chi connectivity index (χ2n) is 5.23. The number of hydrogen-bond donors (Lipinski definition) is 2. The molecule has 0 radical (unpaired) electrons. The summed E-state index contributed by atoms with van der Waals surface area (Å²) >= 11 is 0. The third kappa shape index (κ3) is 3.31. The summed E-state index contributed by atoms with van der Waals surface area (Å²) in [7, 11) is 0. The van der Waals surface area contributed by atoms with Gasteiger partial charge in [-0.3, -0.25) is 0 Å². The first-order valence-corrected chi connectivity index (χ1v) is 6.47. The number of rotatable bonds is 4. The fourth-order valence-electron chi connectivity index (χ4n) is 2.28. The lowest BCUT2D eigenvalue weighted by atomic mass is 9.98. The van der Waals surface area contributed by atoms with Gasteiger partial charge in [-0.2, -0.15) is 13.2 Å². The van der Waals surface area contributed by atoms with Gasteiger partial charge < -0.3 is 15.2 Å². The van der Waals surface area contributed by atoms with Crippen LogP contribution in [0, 0.1) is 6.92 Å². The lowest BCUT2D eigenvalue weighted by Gasteiger charge is -2.27. The molecule has 1 heterocycles. The minimum Gasteiger partial charge on any atom is -0.394 e. The predicted octanol–water partition coefficient (Wildman–Crippen LogP) is 2.25. The van der Waals surface area contributed by atoms with Gasteiger partial charge in [0.25, 0.3) is 0 Å². The Balaban J connectivity index is 2.07. The first-order valence-electron chi connectivity index (χ1n) is 6.47. The van der Waals surface area contributed by atoms with Crippen LogP contribution < -0.4 is 5.32 Å². The van der Waals surface area contributed by atoms with Crippen LogP contribution in [0.4, 0.5) is 13.2 Å². The van der Waals surface area contributed by atoms with Crippen molar-refractivity contribution < 1.29 is 23.0 Å². The molecule has 0 unspecified atom stereocenters. The first-order chi connectivity index (χ1) is 9.36. The minimum absolute atomic E-state index is 0.0489. The summed E-state index contributed by atoms with van der Waals surface area (Å²) < 4.78 is 43.0. The van der Waals surface area contributed by atoms with E-state index in [-0.39, 0.29) is 6.61 Å². The van der Waals surface area contributed by atoms with Crippen LogP contribution in [0.3, 0.4) is 0 Å². The molecule has 1 atom stereocenters. The molecule has 1 saturated heterocycles. The van der Waals surface area contributed by atoms with E-state index in [1.165, 1.54) is 6.07 Å². The SMILES string of the molecule is Cc1cc(C(F)(F)F)ccc1CN[C@]1(CO)CCOC1. The van der Waals surface area contributed by atoms with Crippen LogP contribution in [0.5, 0.6) is 0 Å². The van der Waals surface area contributed by atoms with E-state index in [9.17, 15) is 18.3 Å². The van der Waals surface area contributed by atoms with Crippen molar-refractivity contribution in [1.29, 1.82) is 0 Å². The molecule has 0 amide bonds. The van der Waals surface area contributed by atoms with Gasteiger partial charge in [0.1, 0.15) is 0 Å². The fourth-order valence-corrected chi connectivity index (χ4v) is 2.28. The Kier molecular flexibility index (Phi) is 4.36. The van der Waals surface area contributed by atoms with Gasteiger partial charge in [-0.25, -0.2) is 0 Å². The predicted molar refractivity (Wildman–Crippen MR) is 68.3 cm³/mol. The number of nitrogens with one attached hydrogen (secondary N) is 1. The highest BCUT2D eigenvalue weighted by Gasteiger charge is 2.34. The third-order valence-electron chi connectivity index (χ3n) is 3.73. The molecule has 1 aliphatic rings. The summed E-state index contributed by atoms with van der Waals surface area (Å²) in [5, 5.41) is 12.6. The molecule has 1 aromatic rings. The van der Waals surface area contributed by atoms with Gasteiger partial charge in [0.2, 0.25) is 0 Å². The van der Waals surface area contributed by atoms with Gasteiger partial charge in [0, 0.05) is 13.2 Å². The zero-order valence-electron chi connectivity index (χ0n) is 11.3. The molecular weight excluding hydrogens is 271 g/mol. The Hall–Kier alpha value is -1.11. The van der Waals surface area contributed by atoms with Crippen molar-refractivity contribution in [3.8, 4) is 0 Å². The number of alkyl halides is 3. The van der Waals surface area contributed by atoms with E-state index in [4.69, 9.17) is 4.74 Å². The van der Waals surface area contributed by atoms with Crippen molar-refractivity contribution >= 4 is 0 Å². The summed E-state index contributed by atoms with van der Waals surface area (Å²) in [6, 6.07) is 3.71. The summed E-state index contributed by atoms with van der Waals surface area (Å²) in [5.41, 5.74) is 0.256. The topological polar surface area (TPSA) is 41.5 Å². The molecule has 6 heteroatoms. The highest BCUT2D eigenvalue weighted by atomic mass is 19.4. The molecule has 0 aromatic heterocycles. The van der Waals surface area contributed by atoms with Crippen LogP contribution in [0.15, 0.2) is 18.2 Å². The number of aryl methyl sites for hydroxylation is 1. The maximum Gasteiger partial charge on any atom is 0.416 e. The van der Waals surface area contributed by atoms with Gasteiger partial charge in [-0.05, 0) is 36.6 Å². The quantitative estimate of drug-likeness (QED) is 0.893. The molecule has 0 spiro atoms. The number of ether oxygens (including phenoxy) is 1. The van der Waals surface area contributed by atoms with Gasteiger partial charge in [0.15, 0.2) is 0 Å². The van der Waals surface area contributed by atoms with Crippen molar-refractivity contribution in [3.63, 3.8) is 0 Å². The van der Waals surface area contributed by atoms with Gasteiger partial charge >= 0.3 is 6.18 Å². The smallest absolute Gasteiger partial charge is 0.394 e. The summed E-state index contributed by atoms with van der Waals surface area (Å²) in [6.07, 6.45) is -3.62. The largest absolute Gasteiger partial charge is 0.416 e. The summed E-state index contributed by atoms with van der Waals surface area (Å²) in [5.74, 6) is 0. The number of hydrogen-bond acceptors (Lipinski definition) is 3. The second-order valence-corrected chi connectivity index (χ2v) is 5.23. The van der Waals surface area contributed by atoms with E-state index in [2.05, 4.69) is 5.32 Å². The Bertz CT molecular complexity index is 468. The van der Waals surface area contributed by atoms with Crippen LogP contribution in [-0.2, 0) is 17.5 Å². The van der Waals surface area contributed by atoms with Gasteiger partial charge in [0.05, 0.1) is 24.3 Å². The molecule has 0 saturated carbocycles. The summed E-state index contributed by atoms with van der Waals surface area (Å²) in [6.45, 7) is 3.02. The Labute approximate surface area is 115 Å². The van der Waals surface area contributed by atoms with Crippen molar-refractivity contribution in [2.24, 2.45) is 0 Å². The highest BCUT2D eigenvalue weighted by Crippen LogP contribution is 2.30. The minimum atomic E-state index is -4.32. The average Bonchev–Trinajstić information content (AvgIpc) is 2.85. The van der Waals surface area contributed by atoms with Crippen LogP contribution in [0.1, 0.15) is 23.1 Å². The highest BCUT2D eigenvalue weighted by molar-refractivity contribution is 5.32. The number of aliphatic hydroxyl groups excluding tert-OH is 1. The van der Waals surface area contributed by atoms with E-state index in [0.717, 1.165) is 17.7 Å². The lowest BCUT2D eigenvalue weighted by Crippen LogP contribution is -2.48. The molecule has 1 aromatic carbocycles. The maximum absolute atomic E-state index is 12.6. The van der Waals surface area contributed by atoms with Gasteiger partial charge in [-0.1, -0.05) is 6.07 Å². The van der Waals surface area contributed by atoms with E-state index in [0.29, 0.717) is 31.7 Å². The fraction of sp³-hybridized carbons (Fsp3) is 0.571. The monoisotopic (exact) mass is 289 g/mol. The molecule has 3 nitrogen and oxygen atoms in total. The van der Waals surface area contributed by atoms with E-state index in [1.807, 2.05) is 0 Å². The molecule has 1 fully saturated rings. The molecule has 20 heavy (non-hydrogen) atoms. The molecular formula is C14H18F3NO2. The maximum atomic E-state index is 12.6. The average molecular weight is 289 g/mol. The van der Waals surface area contributed by atoms with Crippen LogP contribution in [0.25, 0.3) is 0 Å². The third-order valence-corrected chi connectivity index (χ3v) is 3.73. The second kappa shape index (κ2) is 5.71. The molecule has 0 bridgehead atoms. The summed E-state index contributed by atoms with van der Waals surface area (Å²) in [4.78, 5) is 0. The zero-order valence-corrected chi connectivity index (χ0v) is 11.3. The van der Waals surface area contributed by atoms with Crippen molar-refractivity contribution in [1.82, 2.24) is 5.32 Å². The Morgan fingerprint density at radius 1 is 1.40 bits per heavy atom. The standard InChI is InChI=1S/C14H18F3NO2/c1-10-6-12(14(15,16)17)3-2-11(10)7-18-13(8-19)4-5-20-9-13/h2-3,6,18-19H,4-5,7-9H2,1H3/t13-/m0/s1. The lowest BCUT2D eigenvalue weighted by molar-refractivity contribution is -0.137. The molecule has 2 N–H and O–H groups in total. The van der Waals surface area contributed by atoms with E-state index >= 15 is 0 Å². The van der Waals surface area contributed by atoms with Crippen LogP contribution in [-0.4, -0.2) is 30.5 Å². The number of aliphatic hydroxyl groups is 1.